The van der Waals surface area contributed by atoms with Crippen molar-refractivity contribution >= 4 is 5.78 Å². The molecule has 0 N–H and O–H groups in total. The van der Waals surface area contributed by atoms with Crippen LogP contribution in [0.2, 0.25) is 0 Å². The third-order valence-electron chi connectivity index (χ3n) is 0.409. The van der Waals surface area contributed by atoms with Gasteiger partial charge in [-0.3, -0.25) is 0 Å². The highest BCUT2D eigenvalue weighted by Gasteiger charge is 1.62. The Balaban J connectivity index is 0.000000180. The van der Waals surface area contributed by atoms with Crippen LogP contribution in [-0.2, 0) is 4.79 Å². The Morgan fingerprint density at radius 1 is 1.20 bits per heavy atom. The van der Waals surface area contributed by atoms with E-state index in [0.29, 0.717) is 0 Å². The van der Waals surface area contributed by atoms with Crippen LogP contribution in [0, 0.1) is 0 Å². The monoisotopic (exact) mass is 139 g/mol. The molecule has 4 heteroatoms. The maximum absolute atomic E-state index is 9.44. The Morgan fingerprint density at radius 2 is 1.60 bits per heavy atom. The molecule has 0 aliphatic heterocycles. The van der Waals surface area contributed by atoms with Crippen molar-refractivity contribution in [1.82, 2.24) is 15.4 Å². The van der Waals surface area contributed by atoms with Gasteiger partial charge in [-0.05, 0) is 25.1 Å². The van der Waals surface area contributed by atoms with Crippen LogP contribution in [0.15, 0.2) is 18.5 Å². The lowest BCUT2D eigenvalue weighted by Gasteiger charge is -1.68. The molecular weight excluding hydrogens is 130 g/mol. The Hall–Kier alpha value is -1.32. The minimum absolute atomic E-state index is 0.167. The second-order valence-electron chi connectivity index (χ2n) is 1.72. The summed E-state index contributed by atoms with van der Waals surface area (Å²) in [6.45, 7) is 3.06. The van der Waals surface area contributed by atoms with Crippen LogP contribution in [0.25, 0.3) is 0 Å². The zero-order chi connectivity index (χ0) is 7.82. The SMILES string of the molecule is CC(C)=O.c1cnnnc1. The van der Waals surface area contributed by atoms with E-state index in [4.69, 9.17) is 0 Å². The molecule has 1 heterocycles. The highest BCUT2D eigenvalue weighted by molar-refractivity contribution is 5.72. The Bertz CT molecular complexity index is 145. The second kappa shape index (κ2) is 5.81. The van der Waals surface area contributed by atoms with Gasteiger partial charge in [0.15, 0.2) is 0 Å². The zero-order valence-corrected chi connectivity index (χ0v) is 5.98. The highest BCUT2D eigenvalue weighted by atomic mass is 16.1. The number of hydrogen-bond donors (Lipinski definition) is 0. The number of Topliss-reactive ketones (excluding diaryl/α,β-unsaturated/α-hetero) is 1. The number of carbonyl (C=O) groups excluding carboxylic acids is 1. The summed E-state index contributed by atoms with van der Waals surface area (Å²) >= 11 is 0. The molecule has 1 aromatic heterocycles. The Morgan fingerprint density at radius 3 is 1.70 bits per heavy atom. The predicted octanol–water partition coefficient (Wildman–Crippen LogP) is 0.467. The van der Waals surface area contributed by atoms with Gasteiger partial charge in [-0.1, -0.05) is 0 Å². The van der Waals surface area contributed by atoms with E-state index in [0.717, 1.165) is 0 Å². The van der Waals surface area contributed by atoms with Crippen molar-refractivity contribution in [2.75, 3.05) is 0 Å². The van der Waals surface area contributed by atoms with Crippen LogP contribution < -0.4 is 0 Å². The number of aromatic nitrogens is 3. The van der Waals surface area contributed by atoms with E-state index in [9.17, 15) is 4.79 Å². The summed E-state index contributed by atoms with van der Waals surface area (Å²) in [7, 11) is 0. The lowest BCUT2D eigenvalue weighted by molar-refractivity contribution is -0.114. The summed E-state index contributed by atoms with van der Waals surface area (Å²) in [4.78, 5) is 9.44. The first-order chi connectivity index (χ1) is 4.73. The second-order valence-corrected chi connectivity index (χ2v) is 1.72. The number of rotatable bonds is 0. The number of hydrogen-bond acceptors (Lipinski definition) is 4. The van der Waals surface area contributed by atoms with E-state index < -0.39 is 0 Å². The third-order valence-corrected chi connectivity index (χ3v) is 0.409. The van der Waals surface area contributed by atoms with Crippen LogP contribution in [0.1, 0.15) is 13.8 Å². The van der Waals surface area contributed by atoms with Crippen LogP contribution in [0.4, 0.5) is 0 Å². The van der Waals surface area contributed by atoms with Crippen molar-refractivity contribution in [1.29, 1.82) is 0 Å². The Labute approximate surface area is 59.3 Å². The average Bonchev–Trinajstić information content (AvgIpc) is 1.90. The van der Waals surface area contributed by atoms with Gasteiger partial charge in [0.1, 0.15) is 5.78 Å². The van der Waals surface area contributed by atoms with Crippen molar-refractivity contribution in [3.05, 3.63) is 18.5 Å². The largest absolute Gasteiger partial charge is 0.300 e. The van der Waals surface area contributed by atoms with E-state index in [1.54, 1.807) is 18.5 Å². The molecule has 1 rings (SSSR count). The third kappa shape index (κ3) is 9.84. The van der Waals surface area contributed by atoms with Crippen LogP contribution in [-0.4, -0.2) is 21.2 Å². The maximum Gasteiger partial charge on any atom is 0.126 e. The van der Waals surface area contributed by atoms with Crippen molar-refractivity contribution in [2.45, 2.75) is 13.8 Å². The van der Waals surface area contributed by atoms with Gasteiger partial charge in [-0.2, -0.15) is 0 Å². The van der Waals surface area contributed by atoms with Gasteiger partial charge in [0.25, 0.3) is 0 Å². The summed E-state index contributed by atoms with van der Waals surface area (Å²) in [6.07, 6.45) is 3.15. The van der Waals surface area contributed by atoms with Crippen LogP contribution in [0.5, 0.6) is 0 Å². The molecule has 4 nitrogen and oxygen atoms in total. The summed E-state index contributed by atoms with van der Waals surface area (Å²) in [5, 5.41) is 10.1. The first-order valence-electron chi connectivity index (χ1n) is 2.79. The smallest absolute Gasteiger partial charge is 0.126 e. The summed E-state index contributed by atoms with van der Waals surface area (Å²) in [5.41, 5.74) is 0. The lowest BCUT2D eigenvalue weighted by Crippen LogP contribution is -1.78. The first kappa shape index (κ1) is 8.68. The summed E-state index contributed by atoms with van der Waals surface area (Å²) in [5.74, 6) is 0.167. The van der Waals surface area contributed by atoms with Gasteiger partial charge in [-0.25, -0.2) is 0 Å². The molecular formula is C6H9N3O. The molecule has 0 aromatic carbocycles. The minimum atomic E-state index is 0.167. The molecule has 0 unspecified atom stereocenters. The van der Waals surface area contributed by atoms with Gasteiger partial charge in [0.05, 0.1) is 12.4 Å². The lowest BCUT2D eigenvalue weighted by atomic mass is 10.6. The normalized spacial score (nSPS) is 7.40. The van der Waals surface area contributed by atoms with Gasteiger partial charge >= 0.3 is 0 Å². The number of nitrogens with zero attached hydrogens (tertiary/aromatic N) is 3. The molecule has 10 heavy (non-hydrogen) atoms. The van der Waals surface area contributed by atoms with Crippen molar-refractivity contribution in [2.24, 2.45) is 0 Å². The first-order valence-corrected chi connectivity index (χ1v) is 2.79. The summed E-state index contributed by atoms with van der Waals surface area (Å²) < 4.78 is 0. The van der Waals surface area contributed by atoms with E-state index in [1.165, 1.54) is 13.8 Å². The molecule has 0 saturated heterocycles. The molecule has 0 aliphatic carbocycles. The van der Waals surface area contributed by atoms with Gasteiger partial charge in [0.2, 0.25) is 0 Å². The average molecular weight is 139 g/mol. The zero-order valence-electron chi connectivity index (χ0n) is 5.98. The standard InChI is InChI=1S/C3H3N3.C3H6O/c1-2-4-6-5-3-1;1-3(2)4/h1-3H;1-2H3. The molecule has 0 spiro atoms. The van der Waals surface area contributed by atoms with E-state index >= 15 is 0 Å². The fourth-order valence-corrected chi connectivity index (χ4v) is 0.205. The topological polar surface area (TPSA) is 55.7 Å². The van der Waals surface area contributed by atoms with Crippen LogP contribution in [0.3, 0.4) is 0 Å². The number of ketones is 1. The molecule has 0 saturated carbocycles. The van der Waals surface area contributed by atoms with Crippen LogP contribution >= 0.6 is 0 Å². The van der Waals surface area contributed by atoms with Gasteiger partial charge in [-0.15, -0.1) is 10.2 Å². The van der Waals surface area contributed by atoms with Gasteiger partial charge < -0.3 is 4.79 Å². The molecule has 0 aliphatic rings. The molecule has 0 amide bonds. The van der Waals surface area contributed by atoms with E-state index in [-0.39, 0.29) is 5.78 Å². The maximum atomic E-state index is 9.44. The number of carbonyl (C=O) groups is 1. The fourth-order valence-electron chi connectivity index (χ4n) is 0.205. The molecule has 0 bridgehead atoms. The van der Waals surface area contributed by atoms with E-state index in [1.807, 2.05) is 0 Å². The van der Waals surface area contributed by atoms with Crippen molar-refractivity contribution in [3.8, 4) is 0 Å². The highest BCUT2D eigenvalue weighted by Crippen LogP contribution is 1.61. The minimum Gasteiger partial charge on any atom is -0.300 e. The molecule has 54 valence electrons. The van der Waals surface area contributed by atoms with Gasteiger partial charge in [0, 0.05) is 0 Å². The van der Waals surface area contributed by atoms with E-state index in [2.05, 4.69) is 15.4 Å². The Kier molecular flexibility index (Phi) is 5.04. The molecule has 1 aromatic rings. The van der Waals surface area contributed by atoms with Crippen molar-refractivity contribution in [3.63, 3.8) is 0 Å². The fraction of sp³-hybridized carbons (Fsp3) is 0.333. The summed E-state index contributed by atoms with van der Waals surface area (Å²) in [6, 6.07) is 1.72. The molecule has 0 atom stereocenters. The quantitative estimate of drug-likeness (QED) is 0.524. The van der Waals surface area contributed by atoms with Crippen molar-refractivity contribution < 1.29 is 4.79 Å². The molecule has 0 radical (unpaired) electrons. The molecule has 0 fully saturated rings. The predicted molar refractivity (Wildman–Crippen MR) is 36.2 cm³/mol.